The van der Waals surface area contributed by atoms with Gasteiger partial charge in [-0.3, -0.25) is 4.79 Å². The third-order valence-electron chi connectivity index (χ3n) is 4.50. The standard InChI is InChI=1S/C18H24N2O4S/c1-11(2)16(17(21)19-10-12-5-4-7-23-12)24-18(22)14-9-15-13(20(14)3)6-8-25-15/h6,8-9,11-12,16H,4-5,7,10H2,1-3H3,(H,19,21)/t12-,16+/m1/s1. The van der Waals surface area contributed by atoms with Gasteiger partial charge in [-0.1, -0.05) is 13.8 Å². The van der Waals surface area contributed by atoms with Gasteiger partial charge >= 0.3 is 5.97 Å². The van der Waals surface area contributed by atoms with Gasteiger partial charge in [0.25, 0.3) is 5.91 Å². The normalized spacial score (nSPS) is 18.6. The van der Waals surface area contributed by atoms with Crippen LogP contribution in [0.15, 0.2) is 17.5 Å². The number of rotatable bonds is 6. The Morgan fingerprint density at radius 3 is 2.92 bits per heavy atom. The minimum atomic E-state index is -0.818. The molecular formula is C18H24N2O4S. The van der Waals surface area contributed by atoms with Gasteiger partial charge < -0.3 is 19.4 Å². The van der Waals surface area contributed by atoms with Gasteiger partial charge in [-0.15, -0.1) is 11.3 Å². The minimum absolute atomic E-state index is 0.0622. The highest BCUT2D eigenvalue weighted by molar-refractivity contribution is 7.17. The van der Waals surface area contributed by atoms with E-state index in [1.807, 2.05) is 38.4 Å². The fraction of sp³-hybridized carbons (Fsp3) is 0.556. The van der Waals surface area contributed by atoms with Gasteiger partial charge in [0.15, 0.2) is 6.10 Å². The highest BCUT2D eigenvalue weighted by atomic mass is 32.1. The maximum atomic E-state index is 12.6. The summed E-state index contributed by atoms with van der Waals surface area (Å²) in [5, 5.41) is 4.83. The van der Waals surface area contributed by atoms with Crippen molar-refractivity contribution in [2.45, 2.75) is 38.9 Å². The van der Waals surface area contributed by atoms with Gasteiger partial charge in [0.05, 0.1) is 16.3 Å². The summed E-state index contributed by atoms with van der Waals surface area (Å²) in [6.07, 6.45) is 1.22. The van der Waals surface area contributed by atoms with Crippen LogP contribution >= 0.6 is 11.3 Å². The summed E-state index contributed by atoms with van der Waals surface area (Å²) in [5.41, 5.74) is 1.44. The second-order valence-electron chi connectivity index (χ2n) is 6.71. The zero-order valence-corrected chi connectivity index (χ0v) is 15.6. The Balaban J connectivity index is 1.65. The molecule has 2 aromatic heterocycles. The predicted molar refractivity (Wildman–Crippen MR) is 96.8 cm³/mol. The number of hydrogen-bond acceptors (Lipinski definition) is 5. The van der Waals surface area contributed by atoms with Crippen LogP contribution in [0.1, 0.15) is 37.2 Å². The van der Waals surface area contributed by atoms with Crippen LogP contribution in [-0.2, 0) is 21.3 Å². The number of aromatic nitrogens is 1. The highest BCUT2D eigenvalue weighted by Crippen LogP contribution is 2.25. The fourth-order valence-corrected chi connectivity index (χ4v) is 3.88. The molecule has 1 aliphatic rings. The molecule has 25 heavy (non-hydrogen) atoms. The monoisotopic (exact) mass is 364 g/mol. The van der Waals surface area contributed by atoms with Crippen molar-refractivity contribution in [1.82, 2.24) is 9.88 Å². The lowest BCUT2D eigenvalue weighted by Gasteiger charge is -2.21. The van der Waals surface area contributed by atoms with Gasteiger partial charge in [0.2, 0.25) is 0 Å². The molecule has 0 aromatic carbocycles. The number of hydrogen-bond donors (Lipinski definition) is 1. The van der Waals surface area contributed by atoms with Crippen molar-refractivity contribution in [3.05, 3.63) is 23.2 Å². The summed E-state index contributed by atoms with van der Waals surface area (Å²) in [6.45, 7) is 4.94. The van der Waals surface area contributed by atoms with E-state index in [2.05, 4.69) is 5.32 Å². The van der Waals surface area contributed by atoms with Crippen LogP contribution in [0.2, 0.25) is 0 Å². The average molecular weight is 364 g/mol. The zero-order chi connectivity index (χ0) is 18.0. The van der Waals surface area contributed by atoms with E-state index in [4.69, 9.17) is 9.47 Å². The molecule has 0 aliphatic carbocycles. The fourth-order valence-electron chi connectivity index (χ4n) is 3.03. The average Bonchev–Trinajstić information content (AvgIpc) is 3.29. The molecule has 1 N–H and O–H groups in total. The quantitative estimate of drug-likeness (QED) is 0.800. The van der Waals surface area contributed by atoms with E-state index in [1.165, 1.54) is 0 Å². The molecule has 1 aliphatic heterocycles. The van der Waals surface area contributed by atoms with Gasteiger partial charge in [0, 0.05) is 20.2 Å². The molecule has 0 radical (unpaired) electrons. The number of carbonyl (C=O) groups excluding carboxylic acids is 2. The topological polar surface area (TPSA) is 69.6 Å². The van der Waals surface area contributed by atoms with Crippen molar-refractivity contribution in [2.75, 3.05) is 13.2 Å². The van der Waals surface area contributed by atoms with Crippen LogP contribution in [0.25, 0.3) is 10.2 Å². The highest BCUT2D eigenvalue weighted by Gasteiger charge is 2.29. The number of thiophene rings is 1. The lowest BCUT2D eigenvalue weighted by Crippen LogP contribution is -2.43. The Bertz CT molecular complexity index is 758. The number of ether oxygens (including phenoxy) is 2. The van der Waals surface area contributed by atoms with Crippen LogP contribution in [-0.4, -0.2) is 41.8 Å². The maximum absolute atomic E-state index is 12.6. The molecule has 6 nitrogen and oxygen atoms in total. The molecule has 0 unspecified atom stereocenters. The number of fused-ring (bicyclic) bond motifs is 1. The van der Waals surface area contributed by atoms with E-state index in [-0.39, 0.29) is 17.9 Å². The molecular weight excluding hydrogens is 340 g/mol. The molecule has 1 amide bonds. The second kappa shape index (κ2) is 7.58. The maximum Gasteiger partial charge on any atom is 0.355 e. The lowest BCUT2D eigenvalue weighted by molar-refractivity contribution is -0.132. The molecule has 2 atom stereocenters. The Hall–Kier alpha value is -1.86. The Labute approximate surface area is 151 Å². The van der Waals surface area contributed by atoms with Crippen LogP contribution in [0.5, 0.6) is 0 Å². The smallest absolute Gasteiger partial charge is 0.355 e. The molecule has 0 spiro atoms. The van der Waals surface area contributed by atoms with E-state index in [0.717, 1.165) is 29.7 Å². The lowest BCUT2D eigenvalue weighted by atomic mass is 10.1. The summed E-state index contributed by atoms with van der Waals surface area (Å²) in [7, 11) is 1.83. The number of aryl methyl sites for hydroxylation is 1. The third kappa shape index (κ3) is 3.88. The molecule has 2 aromatic rings. The van der Waals surface area contributed by atoms with Crippen molar-refractivity contribution in [2.24, 2.45) is 13.0 Å². The van der Waals surface area contributed by atoms with Gasteiger partial charge in [-0.25, -0.2) is 4.79 Å². The largest absolute Gasteiger partial charge is 0.447 e. The van der Waals surface area contributed by atoms with E-state index in [0.29, 0.717) is 12.2 Å². The summed E-state index contributed by atoms with van der Waals surface area (Å²) >= 11 is 1.57. The van der Waals surface area contributed by atoms with Gasteiger partial charge in [0.1, 0.15) is 5.69 Å². The number of esters is 1. The summed E-state index contributed by atoms with van der Waals surface area (Å²) in [5.74, 6) is -0.860. The van der Waals surface area contributed by atoms with Crippen molar-refractivity contribution >= 4 is 33.4 Å². The molecule has 3 rings (SSSR count). The van der Waals surface area contributed by atoms with Gasteiger partial charge in [-0.2, -0.15) is 0 Å². The minimum Gasteiger partial charge on any atom is -0.447 e. The first-order chi connectivity index (χ1) is 12.0. The van der Waals surface area contributed by atoms with Crippen LogP contribution in [0.3, 0.4) is 0 Å². The second-order valence-corrected chi connectivity index (χ2v) is 7.66. The number of nitrogens with one attached hydrogen (secondary N) is 1. The SMILES string of the molecule is CC(C)[C@H](OC(=O)c1cc2sccc2n1C)C(=O)NC[C@H]1CCCO1. The van der Waals surface area contributed by atoms with E-state index in [1.54, 1.807) is 15.9 Å². The summed E-state index contributed by atoms with van der Waals surface area (Å²) in [4.78, 5) is 25.0. The Morgan fingerprint density at radius 1 is 1.48 bits per heavy atom. The Morgan fingerprint density at radius 2 is 2.28 bits per heavy atom. The Kier molecular flexibility index (Phi) is 5.44. The van der Waals surface area contributed by atoms with Crippen LogP contribution in [0.4, 0.5) is 0 Å². The third-order valence-corrected chi connectivity index (χ3v) is 5.35. The zero-order valence-electron chi connectivity index (χ0n) is 14.8. The molecule has 7 heteroatoms. The molecule has 136 valence electrons. The van der Waals surface area contributed by atoms with Gasteiger partial charge in [-0.05, 0) is 36.3 Å². The molecule has 0 bridgehead atoms. The summed E-state index contributed by atoms with van der Waals surface area (Å²) < 4.78 is 13.9. The summed E-state index contributed by atoms with van der Waals surface area (Å²) in [6, 6.07) is 3.77. The predicted octanol–water partition coefficient (Wildman–Crippen LogP) is 2.72. The number of amides is 1. The van der Waals surface area contributed by atoms with E-state index < -0.39 is 12.1 Å². The van der Waals surface area contributed by atoms with Crippen molar-refractivity contribution in [1.29, 1.82) is 0 Å². The molecule has 3 heterocycles. The van der Waals surface area contributed by atoms with Crippen LogP contribution < -0.4 is 5.32 Å². The van der Waals surface area contributed by atoms with Crippen molar-refractivity contribution < 1.29 is 19.1 Å². The number of nitrogens with zero attached hydrogens (tertiary/aromatic N) is 1. The van der Waals surface area contributed by atoms with Crippen molar-refractivity contribution in [3.63, 3.8) is 0 Å². The molecule has 1 fully saturated rings. The first-order valence-electron chi connectivity index (χ1n) is 8.60. The number of carbonyl (C=O) groups is 2. The molecule has 0 saturated carbocycles. The van der Waals surface area contributed by atoms with Crippen molar-refractivity contribution in [3.8, 4) is 0 Å². The van der Waals surface area contributed by atoms with E-state index >= 15 is 0 Å². The molecule has 1 saturated heterocycles. The first-order valence-corrected chi connectivity index (χ1v) is 9.48. The van der Waals surface area contributed by atoms with E-state index in [9.17, 15) is 9.59 Å². The van der Waals surface area contributed by atoms with Crippen LogP contribution in [0, 0.1) is 5.92 Å². The first kappa shape index (κ1) is 17.9.